The molecule has 3 aliphatic heterocycles. The van der Waals surface area contributed by atoms with E-state index in [-0.39, 0.29) is 17.7 Å². The van der Waals surface area contributed by atoms with E-state index in [4.69, 9.17) is 20.4 Å². The van der Waals surface area contributed by atoms with Crippen molar-refractivity contribution in [3.8, 4) is 6.07 Å². The van der Waals surface area contributed by atoms with Crippen LogP contribution in [0.1, 0.15) is 25.1 Å². The van der Waals surface area contributed by atoms with Crippen molar-refractivity contribution in [3.63, 3.8) is 0 Å². The third-order valence-electron chi connectivity index (χ3n) is 8.13. The maximum atomic E-state index is 9.62. The van der Waals surface area contributed by atoms with Gasteiger partial charge >= 0.3 is 0 Å². The fourth-order valence-corrected chi connectivity index (χ4v) is 6.25. The normalized spacial score (nSPS) is 23.2. The molecule has 6 rings (SSSR count). The molecule has 208 valence electrons. The maximum absolute atomic E-state index is 9.62. The minimum Gasteiger partial charge on any atom is -0.370 e. The quantitative estimate of drug-likeness (QED) is 0.458. The molecule has 0 saturated carbocycles. The second-order valence-corrected chi connectivity index (χ2v) is 12.0. The largest absolute Gasteiger partial charge is 0.370 e. The van der Waals surface area contributed by atoms with Gasteiger partial charge in [-0.25, -0.2) is 4.98 Å². The number of aryl methyl sites for hydroxylation is 1. The molecule has 0 radical (unpaired) electrons. The van der Waals surface area contributed by atoms with Crippen LogP contribution in [0.15, 0.2) is 30.3 Å². The van der Waals surface area contributed by atoms with E-state index in [1.165, 1.54) is 0 Å². The average Bonchev–Trinajstić information content (AvgIpc) is 2.90. The number of nitrogens with zero attached hydrogens (tertiary/aromatic N) is 8. The van der Waals surface area contributed by atoms with Gasteiger partial charge in [0.2, 0.25) is 5.95 Å². The second kappa shape index (κ2) is 10.5. The number of hydrogen-bond donors (Lipinski definition) is 1. The molecule has 0 spiro atoms. The second-order valence-electron chi connectivity index (χ2n) is 12.0. The Morgan fingerprint density at radius 3 is 2.55 bits per heavy atom. The number of fused-ring (bicyclic) bond motifs is 1. The van der Waals surface area contributed by atoms with Gasteiger partial charge in [0, 0.05) is 87.3 Å². The zero-order chi connectivity index (χ0) is 28.0. The fraction of sp³-hybridized carbons (Fsp3) is 0.517. The van der Waals surface area contributed by atoms with Crippen LogP contribution in [-0.2, 0) is 4.74 Å². The molecule has 0 aliphatic carbocycles. The van der Waals surface area contributed by atoms with Crippen molar-refractivity contribution in [2.24, 2.45) is 5.73 Å². The van der Waals surface area contributed by atoms with E-state index < -0.39 is 0 Å². The predicted octanol–water partition coefficient (Wildman–Crippen LogP) is 0.417. The molecule has 40 heavy (non-hydrogen) atoms. The molecule has 2 N–H and O–H groups in total. The Kier molecular flexibility index (Phi) is 7.03. The number of nitrogens with two attached hydrogens (primary N) is 1. The number of pyridine rings is 1. The number of piperazine rings is 1. The summed E-state index contributed by atoms with van der Waals surface area (Å²) in [5.41, 5.74) is 10.5. The minimum absolute atomic E-state index is 0.0956. The summed E-state index contributed by atoms with van der Waals surface area (Å²) in [4.78, 5) is 23.8. The summed E-state index contributed by atoms with van der Waals surface area (Å²) >= 11 is 0. The SMILES string of the molecule is Bc1ccc2c(N3C[C@H](CN4CCN(c5nc(C)cc(N6CC(C)(N)C6)n5)CC4)O[C@H](C)C3)ccc(C#N)c2n1. The van der Waals surface area contributed by atoms with E-state index in [2.05, 4.69) is 62.7 Å². The van der Waals surface area contributed by atoms with Crippen LogP contribution < -0.4 is 26.0 Å². The minimum atomic E-state index is -0.137. The summed E-state index contributed by atoms with van der Waals surface area (Å²) < 4.78 is 6.42. The lowest BCUT2D eigenvalue weighted by atomic mass is 9.94. The predicted molar refractivity (Wildman–Crippen MR) is 161 cm³/mol. The van der Waals surface area contributed by atoms with Gasteiger partial charge in [-0.3, -0.25) is 9.88 Å². The van der Waals surface area contributed by atoms with E-state index in [1.54, 1.807) is 0 Å². The topological polar surface area (TPSA) is 111 Å². The molecule has 3 aromatic rings. The summed E-state index contributed by atoms with van der Waals surface area (Å²) in [6, 6.07) is 12.4. The number of rotatable bonds is 5. The van der Waals surface area contributed by atoms with Crippen molar-refractivity contribution in [1.29, 1.82) is 5.26 Å². The molecule has 0 amide bonds. The molecule has 2 atom stereocenters. The lowest BCUT2D eigenvalue weighted by Gasteiger charge is -2.46. The zero-order valence-electron chi connectivity index (χ0n) is 24.0. The van der Waals surface area contributed by atoms with Gasteiger partial charge in [0.15, 0.2) is 7.85 Å². The molecule has 0 bridgehead atoms. The molecule has 11 heteroatoms. The van der Waals surface area contributed by atoms with Gasteiger partial charge in [-0.15, -0.1) is 0 Å². The van der Waals surface area contributed by atoms with Crippen LogP contribution in [-0.4, -0.2) is 104 Å². The molecule has 10 nitrogen and oxygen atoms in total. The van der Waals surface area contributed by atoms with Crippen LogP contribution in [0.25, 0.3) is 10.9 Å². The Hall–Kier alpha value is -3.46. The van der Waals surface area contributed by atoms with Crippen molar-refractivity contribution in [1.82, 2.24) is 19.9 Å². The Morgan fingerprint density at radius 2 is 1.82 bits per heavy atom. The summed E-state index contributed by atoms with van der Waals surface area (Å²) in [5.74, 6) is 1.78. The summed E-state index contributed by atoms with van der Waals surface area (Å²) in [6.45, 7) is 14.0. The fourth-order valence-electron chi connectivity index (χ4n) is 6.25. The zero-order valence-corrected chi connectivity index (χ0v) is 24.0. The first-order chi connectivity index (χ1) is 19.2. The van der Waals surface area contributed by atoms with Crippen LogP contribution in [0, 0.1) is 18.3 Å². The first-order valence-electron chi connectivity index (χ1n) is 14.3. The lowest BCUT2D eigenvalue weighted by molar-refractivity contribution is -0.0327. The molecule has 1 aromatic carbocycles. The lowest BCUT2D eigenvalue weighted by Crippen LogP contribution is -2.65. The van der Waals surface area contributed by atoms with E-state index in [9.17, 15) is 5.26 Å². The van der Waals surface area contributed by atoms with Crippen molar-refractivity contribution < 1.29 is 4.74 Å². The molecule has 2 aromatic heterocycles. The molecule has 3 saturated heterocycles. The van der Waals surface area contributed by atoms with Gasteiger partial charge in [0.25, 0.3) is 0 Å². The van der Waals surface area contributed by atoms with Crippen LogP contribution in [0.3, 0.4) is 0 Å². The van der Waals surface area contributed by atoms with E-state index in [0.29, 0.717) is 5.56 Å². The molecule has 0 unspecified atom stereocenters. The number of aromatic nitrogens is 3. The standard InChI is InChI=1S/C29H38BN9O/c1-19-12-26(39-17-29(3,32)18-39)35-28(33-19)37-10-8-36(9-11-37)15-22-16-38(14-20(2)40-22)24-6-4-21(13-31)27-23(24)5-7-25(30)34-27/h4-7,12,20,22H,8-11,14-18,30,32H2,1-3H3/t20-,22+/m1/s1. The summed E-state index contributed by atoms with van der Waals surface area (Å²) in [6.07, 6.45) is 0.207. The van der Waals surface area contributed by atoms with Crippen LogP contribution in [0.4, 0.5) is 17.5 Å². The number of ether oxygens (including phenoxy) is 1. The van der Waals surface area contributed by atoms with Crippen LogP contribution in [0.2, 0.25) is 0 Å². The third-order valence-corrected chi connectivity index (χ3v) is 8.13. The van der Waals surface area contributed by atoms with Gasteiger partial charge in [-0.05, 0) is 44.6 Å². The number of morpholine rings is 1. The number of benzene rings is 1. The highest BCUT2D eigenvalue weighted by atomic mass is 16.5. The monoisotopic (exact) mass is 539 g/mol. The first-order valence-corrected chi connectivity index (χ1v) is 14.3. The Labute approximate surface area is 237 Å². The Bertz CT molecular complexity index is 1440. The van der Waals surface area contributed by atoms with Crippen molar-refractivity contribution in [2.45, 2.75) is 38.5 Å². The van der Waals surface area contributed by atoms with E-state index in [1.807, 2.05) is 26.9 Å². The van der Waals surface area contributed by atoms with Crippen molar-refractivity contribution >= 4 is 41.8 Å². The number of anilines is 3. The third kappa shape index (κ3) is 5.44. The van der Waals surface area contributed by atoms with Crippen LogP contribution >= 0.6 is 0 Å². The van der Waals surface area contributed by atoms with Crippen molar-refractivity contribution in [3.05, 3.63) is 41.6 Å². The highest BCUT2D eigenvalue weighted by Gasteiger charge is 2.36. The van der Waals surface area contributed by atoms with Gasteiger partial charge < -0.3 is 25.2 Å². The highest BCUT2D eigenvalue weighted by Crippen LogP contribution is 2.30. The van der Waals surface area contributed by atoms with Gasteiger partial charge in [0.05, 0.1) is 23.3 Å². The summed E-state index contributed by atoms with van der Waals surface area (Å²) in [5, 5.41) is 10.6. The smallest absolute Gasteiger partial charge is 0.227 e. The summed E-state index contributed by atoms with van der Waals surface area (Å²) in [7, 11) is 1.96. The molecule has 5 heterocycles. The number of hydrogen-bond acceptors (Lipinski definition) is 10. The van der Waals surface area contributed by atoms with Crippen molar-refractivity contribution in [2.75, 3.05) is 73.6 Å². The molecule has 3 aliphatic rings. The van der Waals surface area contributed by atoms with E-state index >= 15 is 0 Å². The van der Waals surface area contributed by atoms with E-state index in [0.717, 1.165) is 98.5 Å². The van der Waals surface area contributed by atoms with Gasteiger partial charge in [-0.1, -0.05) is 6.07 Å². The molecular weight excluding hydrogens is 501 g/mol. The Morgan fingerprint density at radius 1 is 1.05 bits per heavy atom. The average molecular weight is 539 g/mol. The Balaban J connectivity index is 1.10. The van der Waals surface area contributed by atoms with Gasteiger partial charge in [-0.2, -0.15) is 10.2 Å². The first kappa shape index (κ1) is 26.8. The molecule has 3 fully saturated rings. The highest BCUT2D eigenvalue weighted by molar-refractivity contribution is 6.31. The van der Waals surface area contributed by atoms with Crippen LogP contribution in [0.5, 0.6) is 0 Å². The maximum Gasteiger partial charge on any atom is 0.227 e. The van der Waals surface area contributed by atoms with Gasteiger partial charge in [0.1, 0.15) is 11.9 Å². The number of nitriles is 1. The molecular formula is C29H38BN9O.